The molecule has 2 atom stereocenters. The number of anilines is 1. The summed E-state index contributed by atoms with van der Waals surface area (Å²) < 4.78 is 27.6. The molecule has 0 spiro atoms. The van der Waals surface area contributed by atoms with E-state index in [-0.39, 0.29) is 10.8 Å². The number of carbonyl (C=O) groups is 1. The van der Waals surface area contributed by atoms with Crippen molar-refractivity contribution in [1.29, 1.82) is 0 Å². The highest BCUT2D eigenvalue weighted by Gasteiger charge is 2.21. The lowest BCUT2D eigenvalue weighted by molar-refractivity contribution is -0.928. The fraction of sp³-hybridized carbons (Fsp3) is 0.435. The monoisotopic (exact) mass is 430 g/mol. The van der Waals surface area contributed by atoms with E-state index < -0.39 is 10.0 Å². The smallest absolute Gasteiger partial charge is 0.261 e. The molecule has 1 saturated heterocycles. The van der Waals surface area contributed by atoms with Crippen molar-refractivity contribution in [2.24, 2.45) is 0 Å². The molecule has 3 N–H and O–H groups in total. The number of likely N-dealkylation sites (tertiary alicyclic amines) is 1. The van der Waals surface area contributed by atoms with Crippen LogP contribution in [0.25, 0.3) is 0 Å². The van der Waals surface area contributed by atoms with Gasteiger partial charge < -0.3 is 10.2 Å². The molecule has 3 rings (SSSR count). The van der Waals surface area contributed by atoms with E-state index in [2.05, 4.69) is 17.0 Å². The second-order valence-electron chi connectivity index (χ2n) is 8.16. The number of piperidine rings is 1. The molecule has 1 heterocycles. The number of rotatable bonds is 8. The number of amides is 1. The lowest BCUT2D eigenvalue weighted by Crippen LogP contribution is -3.16. The molecule has 1 fully saturated rings. The molecule has 30 heavy (non-hydrogen) atoms. The van der Waals surface area contributed by atoms with Crippen LogP contribution in [0.3, 0.4) is 0 Å². The Kier molecular flexibility index (Phi) is 7.50. The van der Waals surface area contributed by atoms with E-state index >= 15 is 0 Å². The average Bonchev–Trinajstić information content (AvgIpc) is 2.74. The first kappa shape index (κ1) is 22.3. The molecule has 162 valence electrons. The first-order valence-electron chi connectivity index (χ1n) is 10.7. The van der Waals surface area contributed by atoms with Gasteiger partial charge in [-0.25, -0.2) is 8.42 Å². The summed E-state index contributed by atoms with van der Waals surface area (Å²) in [5, 5.41) is 2.94. The molecule has 6 nitrogen and oxygen atoms in total. The van der Waals surface area contributed by atoms with E-state index in [0.29, 0.717) is 23.8 Å². The Hall–Kier alpha value is -2.38. The Balaban J connectivity index is 1.50. The second kappa shape index (κ2) is 10.1. The van der Waals surface area contributed by atoms with Crippen LogP contribution in [0.5, 0.6) is 0 Å². The molecule has 1 aliphatic rings. The molecule has 2 aromatic carbocycles. The van der Waals surface area contributed by atoms with Crippen molar-refractivity contribution in [3.8, 4) is 0 Å². The fourth-order valence-electron chi connectivity index (χ4n) is 3.87. The van der Waals surface area contributed by atoms with E-state index in [1.54, 1.807) is 29.2 Å². The minimum Gasteiger partial charge on any atom is -0.352 e. The molecule has 0 aromatic heterocycles. The standard InChI is InChI=1S/C23H31N3O3S/c1-18-7-11-21(12-8-18)25-30(28,29)22-13-9-20(10-14-22)23(27)24-15-5-17-26-16-4-3-6-19(26)2/h7-14,19,25H,3-6,15-17H2,1-2H3,(H,24,27)/p+1/t19-/m0/s1. The molecule has 0 radical (unpaired) electrons. The van der Waals surface area contributed by atoms with Crippen LogP contribution < -0.4 is 14.9 Å². The molecule has 0 bridgehead atoms. The van der Waals surface area contributed by atoms with Crippen LogP contribution in [0.15, 0.2) is 53.4 Å². The van der Waals surface area contributed by atoms with Crippen LogP contribution in [-0.2, 0) is 10.0 Å². The molecule has 1 unspecified atom stereocenters. The number of hydrogen-bond acceptors (Lipinski definition) is 3. The predicted molar refractivity (Wildman–Crippen MR) is 119 cm³/mol. The summed E-state index contributed by atoms with van der Waals surface area (Å²) in [5.41, 5.74) is 2.02. The van der Waals surface area contributed by atoms with Gasteiger partial charge in [0.15, 0.2) is 0 Å². The van der Waals surface area contributed by atoms with Gasteiger partial charge in [-0.05, 0) is 69.5 Å². The van der Waals surface area contributed by atoms with Crippen molar-refractivity contribution in [3.05, 3.63) is 59.7 Å². The van der Waals surface area contributed by atoms with Gasteiger partial charge in [0.1, 0.15) is 0 Å². The average molecular weight is 431 g/mol. The molecule has 1 amide bonds. The molecule has 1 aliphatic heterocycles. The number of aryl methyl sites for hydroxylation is 1. The Morgan fingerprint density at radius 2 is 1.77 bits per heavy atom. The van der Waals surface area contributed by atoms with Crippen molar-refractivity contribution in [3.63, 3.8) is 0 Å². The Bertz CT molecular complexity index is 941. The number of quaternary nitrogens is 1. The number of sulfonamides is 1. The molecular formula is C23H32N3O3S+. The summed E-state index contributed by atoms with van der Waals surface area (Å²) in [6.07, 6.45) is 4.85. The summed E-state index contributed by atoms with van der Waals surface area (Å²) >= 11 is 0. The zero-order valence-electron chi connectivity index (χ0n) is 17.8. The quantitative estimate of drug-likeness (QED) is 0.563. The lowest BCUT2D eigenvalue weighted by Gasteiger charge is -2.30. The van der Waals surface area contributed by atoms with Gasteiger partial charge in [0.25, 0.3) is 15.9 Å². The summed E-state index contributed by atoms with van der Waals surface area (Å²) in [6.45, 7) is 7.17. The highest BCUT2D eigenvalue weighted by molar-refractivity contribution is 7.92. The molecule has 0 saturated carbocycles. The molecule has 7 heteroatoms. The van der Waals surface area contributed by atoms with Gasteiger partial charge in [-0.15, -0.1) is 0 Å². The van der Waals surface area contributed by atoms with Gasteiger partial charge in [0.2, 0.25) is 0 Å². The van der Waals surface area contributed by atoms with Crippen molar-refractivity contribution >= 4 is 21.6 Å². The van der Waals surface area contributed by atoms with Crippen LogP contribution in [0, 0.1) is 6.92 Å². The lowest BCUT2D eigenvalue weighted by atomic mass is 10.0. The van der Waals surface area contributed by atoms with E-state index in [9.17, 15) is 13.2 Å². The highest BCUT2D eigenvalue weighted by atomic mass is 32.2. The van der Waals surface area contributed by atoms with Gasteiger partial charge in [-0.2, -0.15) is 0 Å². The van der Waals surface area contributed by atoms with Gasteiger partial charge in [0.05, 0.1) is 24.0 Å². The van der Waals surface area contributed by atoms with Crippen LogP contribution >= 0.6 is 0 Å². The van der Waals surface area contributed by atoms with Gasteiger partial charge in [-0.3, -0.25) is 9.52 Å². The zero-order valence-corrected chi connectivity index (χ0v) is 18.6. The second-order valence-corrected chi connectivity index (χ2v) is 9.84. The third kappa shape index (κ3) is 6.06. The number of carbonyl (C=O) groups excluding carboxylic acids is 1. The van der Waals surface area contributed by atoms with Crippen LogP contribution in [-0.4, -0.2) is 40.0 Å². The Morgan fingerprint density at radius 3 is 2.43 bits per heavy atom. The van der Waals surface area contributed by atoms with Crippen molar-refractivity contribution in [1.82, 2.24) is 5.32 Å². The highest BCUT2D eigenvalue weighted by Crippen LogP contribution is 2.17. The summed E-state index contributed by atoms with van der Waals surface area (Å²) in [4.78, 5) is 14.1. The Labute approximate surface area is 179 Å². The van der Waals surface area contributed by atoms with E-state index in [1.165, 1.54) is 37.9 Å². The minimum atomic E-state index is -3.69. The maximum absolute atomic E-state index is 12.5. The van der Waals surface area contributed by atoms with Crippen LogP contribution in [0.2, 0.25) is 0 Å². The first-order valence-corrected chi connectivity index (χ1v) is 12.2. The zero-order chi connectivity index (χ0) is 21.6. The van der Waals surface area contributed by atoms with Gasteiger partial charge in [0, 0.05) is 24.2 Å². The normalized spacial score (nSPS) is 19.3. The summed E-state index contributed by atoms with van der Waals surface area (Å²) in [6, 6.07) is 13.9. The SMILES string of the molecule is Cc1ccc(NS(=O)(=O)c2ccc(C(=O)NCCC[NH+]3CCCC[C@@H]3C)cc2)cc1. The number of benzene rings is 2. The summed E-state index contributed by atoms with van der Waals surface area (Å²) in [7, 11) is -3.69. The van der Waals surface area contributed by atoms with Crippen molar-refractivity contribution in [2.45, 2.75) is 50.5 Å². The van der Waals surface area contributed by atoms with Gasteiger partial charge in [-0.1, -0.05) is 17.7 Å². The first-order chi connectivity index (χ1) is 14.3. The van der Waals surface area contributed by atoms with Crippen LogP contribution in [0.4, 0.5) is 5.69 Å². The van der Waals surface area contributed by atoms with Gasteiger partial charge >= 0.3 is 0 Å². The van der Waals surface area contributed by atoms with E-state index in [1.807, 2.05) is 19.1 Å². The fourth-order valence-corrected chi connectivity index (χ4v) is 4.92. The maximum Gasteiger partial charge on any atom is 0.261 e. The van der Waals surface area contributed by atoms with E-state index in [0.717, 1.165) is 18.5 Å². The van der Waals surface area contributed by atoms with Crippen molar-refractivity contribution in [2.75, 3.05) is 24.4 Å². The molecule has 0 aliphatic carbocycles. The summed E-state index contributed by atoms with van der Waals surface area (Å²) in [5.74, 6) is -0.174. The largest absolute Gasteiger partial charge is 0.352 e. The Morgan fingerprint density at radius 1 is 1.07 bits per heavy atom. The minimum absolute atomic E-state index is 0.127. The third-order valence-electron chi connectivity index (χ3n) is 5.77. The third-order valence-corrected chi connectivity index (χ3v) is 7.17. The predicted octanol–water partition coefficient (Wildman–Crippen LogP) is 2.37. The molecular weight excluding hydrogens is 398 g/mol. The van der Waals surface area contributed by atoms with Crippen LogP contribution in [0.1, 0.15) is 48.5 Å². The number of hydrogen-bond donors (Lipinski definition) is 3. The van der Waals surface area contributed by atoms with E-state index in [4.69, 9.17) is 0 Å². The molecule has 2 aromatic rings. The topological polar surface area (TPSA) is 79.7 Å². The number of nitrogens with one attached hydrogen (secondary N) is 3. The van der Waals surface area contributed by atoms with Crippen molar-refractivity contribution < 1.29 is 18.1 Å². The maximum atomic E-state index is 12.5.